The molecule has 0 bridgehead atoms. The van der Waals surface area contributed by atoms with Gasteiger partial charge in [0.2, 0.25) is 0 Å². The number of nitrogens with zero attached hydrogens (tertiary/aromatic N) is 3. The number of nitrogens with one attached hydrogen (secondary N) is 2. The summed E-state index contributed by atoms with van der Waals surface area (Å²) in [7, 11) is 0. The van der Waals surface area contributed by atoms with Crippen LogP contribution in [0.2, 0.25) is 0 Å². The Morgan fingerprint density at radius 3 is 2.73 bits per heavy atom. The number of carbonyl (C=O) groups excluding carboxylic acids is 1. The molecule has 0 aliphatic heterocycles. The van der Waals surface area contributed by atoms with Gasteiger partial charge in [0.05, 0.1) is 6.54 Å². The van der Waals surface area contributed by atoms with E-state index < -0.39 is 0 Å². The van der Waals surface area contributed by atoms with Crippen LogP contribution in [0.15, 0.2) is 54.6 Å². The number of para-hydroxylation sites is 1. The smallest absolute Gasteiger partial charge is 0.267 e. The Labute approximate surface area is 178 Å². The van der Waals surface area contributed by atoms with E-state index in [1.54, 1.807) is 18.2 Å². The topological polar surface area (TPSA) is 67.6 Å². The molecular weight excluding hydrogens is 401 g/mol. The van der Waals surface area contributed by atoms with Crippen LogP contribution in [0.3, 0.4) is 0 Å². The summed E-state index contributed by atoms with van der Waals surface area (Å²) < 4.78 is 18.6. The standard InChI is InChI=1S/C22H22FN5OS/c1-2-27-20(25-26-22(27)30)11-12-24-21(29)19-13-15-7-4-6-10-18(15)28(19)14-16-8-3-5-9-17(16)23/h3-10,13H,2,11-12,14H2,1H3,(H,24,29)(H,26,30). The second-order valence-corrected chi connectivity index (χ2v) is 7.35. The molecule has 0 unspecified atom stereocenters. The van der Waals surface area contributed by atoms with Crippen LogP contribution in [-0.2, 0) is 19.5 Å². The summed E-state index contributed by atoms with van der Waals surface area (Å²) in [5.41, 5.74) is 1.91. The van der Waals surface area contributed by atoms with E-state index in [2.05, 4.69) is 15.5 Å². The zero-order chi connectivity index (χ0) is 21.1. The Morgan fingerprint density at radius 2 is 1.93 bits per heavy atom. The molecule has 0 radical (unpaired) electrons. The molecule has 2 N–H and O–H groups in total. The summed E-state index contributed by atoms with van der Waals surface area (Å²) in [6.07, 6.45) is 0.556. The van der Waals surface area contributed by atoms with Crippen molar-refractivity contribution in [2.45, 2.75) is 26.4 Å². The lowest BCUT2D eigenvalue weighted by molar-refractivity contribution is 0.0945. The molecule has 4 aromatic rings. The van der Waals surface area contributed by atoms with E-state index in [0.29, 0.717) is 29.0 Å². The zero-order valence-corrected chi connectivity index (χ0v) is 17.4. The number of rotatable bonds is 7. The first-order valence-corrected chi connectivity index (χ1v) is 10.2. The highest BCUT2D eigenvalue weighted by Crippen LogP contribution is 2.22. The largest absolute Gasteiger partial charge is 0.350 e. The predicted molar refractivity (Wildman–Crippen MR) is 117 cm³/mol. The first-order valence-electron chi connectivity index (χ1n) is 9.82. The molecule has 154 valence electrons. The van der Waals surface area contributed by atoms with Crippen LogP contribution >= 0.6 is 12.2 Å². The van der Waals surface area contributed by atoms with Gasteiger partial charge in [-0.3, -0.25) is 9.89 Å². The lowest BCUT2D eigenvalue weighted by Gasteiger charge is -2.12. The van der Waals surface area contributed by atoms with E-state index >= 15 is 0 Å². The van der Waals surface area contributed by atoms with Gasteiger partial charge in [0.15, 0.2) is 4.77 Å². The maximum absolute atomic E-state index is 14.2. The lowest BCUT2D eigenvalue weighted by atomic mass is 10.2. The fourth-order valence-corrected chi connectivity index (χ4v) is 3.89. The van der Waals surface area contributed by atoms with Crippen LogP contribution < -0.4 is 5.32 Å². The maximum Gasteiger partial charge on any atom is 0.267 e. The third kappa shape index (κ3) is 3.91. The lowest BCUT2D eigenvalue weighted by Crippen LogP contribution is -2.28. The molecule has 0 saturated carbocycles. The molecule has 0 saturated heterocycles. The number of carbonyl (C=O) groups is 1. The number of aromatic amines is 1. The summed E-state index contributed by atoms with van der Waals surface area (Å²) in [6.45, 7) is 3.40. The van der Waals surface area contributed by atoms with E-state index in [-0.39, 0.29) is 18.3 Å². The fourth-order valence-electron chi connectivity index (χ4n) is 3.61. The van der Waals surface area contributed by atoms with E-state index in [4.69, 9.17) is 12.2 Å². The van der Waals surface area contributed by atoms with Crippen molar-refractivity contribution in [2.24, 2.45) is 0 Å². The number of fused-ring (bicyclic) bond motifs is 1. The first kappa shape index (κ1) is 20.0. The van der Waals surface area contributed by atoms with Gasteiger partial charge in [-0.05, 0) is 37.3 Å². The number of amides is 1. The van der Waals surface area contributed by atoms with Crippen LogP contribution in [0.1, 0.15) is 28.8 Å². The van der Waals surface area contributed by atoms with E-state index in [9.17, 15) is 9.18 Å². The Hall–Kier alpha value is -3.26. The number of aromatic nitrogens is 4. The minimum Gasteiger partial charge on any atom is -0.350 e. The summed E-state index contributed by atoms with van der Waals surface area (Å²) in [4.78, 5) is 13.0. The minimum atomic E-state index is -0.288. The quantitative estimate of drug-likeness (QED) is 0.440. The molecule has 2 aromatic carbocycles. The van der Waals surface area contributed by atoms with Crippen molar-refractivity contribution < 1.29 is 9.18 Å². The van der Waals surface area contributed by atoms with E-state index in [0.717, 1.165) is 23.3 Å². The highest BCUT2D eigenvalue weighted by atomic mass is 32.1. The molecule has 4 rings (SSSR count). The van der Waals surface area contributed by atoms with Crippen molar-refractivity contribution in [1.29, 1.82) is 0 Å². The van der Waals surface area contributed by atoms with Gasteiger partial charge in [0.25, 0.3) is 5.91 Å². The highest BCUT2D eigenvalue weighted by Gasteiger charge is 2.17. The Morgan fingerprint density at radius 1 is 1.17 bits per heavy atom. The van der Waals surface area contributed by atoms with Crippen molar-refractivity contribution in [2.75, 3.05) is 6.54 Å². The van der Waals surface area contributed by atoms with Crippen LogP contribution in [-0.4, -0.2) is 31.8 Å². The second-order valence-electron chi connectivity index (χ2n) is 6.96. The molecule has 30 heavy (non-hydrogen) atoms. The summed E-state index contributed by atoms with van der Waals surface area (Å²) in [6, 6.07) is 16.2. The van der Waals surface area contributed by atoms with Crippen molar-refractivity contribution >= 4 is 29.0 Å². The van der Waals surface area contributed by atoms with Crippen molar-refractivity contribution in [3.05, 3.63) is 82.3 Å². The van der Waals surface area contributed by atoms with Gasteiger partial charge in [-0.15, -0.1) is 0 Å². The van der Waals surface area contributed by atoms with Crippen LogP contribution in [0, 0.1) is 10.6 Å². The monoisotopic (exact) mass is 423 g/mol. The molecule has 0 atom stereocenters. The third-order valence-electron chi connectivity index (χ3n) is 5.12. The molecule has 2 heterocycles. The van der Waals surface area contributed by atoms with Crippen LogP contribution in [0.25, 0.3) is 10.9 Å². The van der Waals surface area contributed by atoms with Crippen molar-refractivity contribution in [3.63, 3.8) is 0 Å². The van der Waals surface area contributed by atoms with Gasteiger partial charge >= 0.3 is 0 Å². The molecule has 0 aliphatic carbocycles. The van der Waals surface area contributed by atoms with E-state index in [1.165, 1.54) is 6.07 Å². The van der Waals surface area contributed by atoms with Gasteiger partial charge < -0.3 is 14.5 Å². The van der Waals surface area contributed by atoms with Crippen LogP contribution in [0.4, 0.5) is 4.39 Å². The molecule has 0 spiro atoms. The first-order chi connectivity index (χ1) is 14.6. The molecule has 2 aromatic heterocycles. The number of H-pyrrole nitrogens is 1. The summed E-state index contributed by atoms with van der Waals surface area (Å²) >= 11 is 5.20. The number of benzene rings is 2. The maximum atomic E-state index is 14.2. The normalized spacial score (nSPS) is 11.1. The van der Waals surface area contributed by atoms with Gasteiger partial charge in [0, 0.05) is 36.0 Å². The molecule has 1 amide bonds. The Balaban J connectivity index is 1.57. The zero-order valence-electron chi connectivity index (χ0n) is 16.6. The Kier molecular flexibility index (Phi) is 5.76. The Bertz CT molecular complexity index is 1260. The average Bonchev–Trinajstić information content (AvgIpc) is 3.30. The van der Waals surface area contributed by atoms with Crippen molar-refractivity contribution in [3.8, 4) is 0 Å². The van der Waals surface area contributed by atoms with Gasteiger partial charge in [-0.25, -0.2) is 4.39 Å². The highest BCUT2D eigenvalue weighted by molar-refractivity contribution is 7.71. The SMILES string of the molecule is CCn1c(CCNC(=O)c2cc3ccccc3n2Cc2ccccc2F)n[nH]c1=S. The van der Waals surface area contributed by atoms with Gasteiger partial charge in [0.1, 0.15) is 17.3 Å². The van der Waals surface area contributed by atoms with E-state index in [1.807, 2.05) is 46.4 Å². The number of hydrogen-bond acceptors (Lipinski definition) is 3. The molecule has 8 heteroatoms. The van der Waals surface area contributed by atoms with Crippen LogP contribution in [0.5, 0.6) is 0 Å². The number of halogens is 1. The molecule has 6 nitrogen and oxygen atoms in total. The van der Waals surface area contributed by atoms with Crippen molar-refractivity contribution in [1.82, 2.24) is 24.6 Å². The van der Waals surface area contributed by atoms with Gasteiger partial charge in [-0.1, -0.05) is 36.4 Å². The molecule has 0 fully saturated rings. The minimum absolute atomic E-state index is 0.209. The summed E-state index contributed by atoms with van der Waals surface area (Å²) in [5.74, 6) is 0.304. The molecular formula is C22H22FN5OS. The summed E-state index contributed by atoms with van der Waals surface area (Å²) in [5, 5.41) is 10.9. The van der Waals surface area contributed by atoms with Gasteiger partial charge in [-0.2, -0.15) is 5.10 Å². The second kappa shape index (κ2) is 8.62. The predicted octanol–water partition coefficient (Wildman–Crippen LogP) is 4.08. The average molecular weight is 424 g/mol. The molecule has 0 aliphatic rings. The third-order valence-corrected chi connectivity index (χ3v) is 5.43. The number of hydrogen-bond donors (Lipinski definition) is 2. The fraction of sp³-hybridized carbons (Fsp3) is 0.227.